The van der Waals surface area contributed by atoms with Gasteiger partial charge in [0.2, 0.25) is 0 Å². The van der Waals surface area contributed by atoms with E-state index in [0.29, 0.717) is 5.70 Å². The van der Waals surface area contributed by atoms with Crippen molar-refractivity contribution in [2.75, 3.05) is 0 Å². The number of aryl methyl sites for hydroxylation is 1. The maximum absolute atomic E-state index is 11.1. The van der Waals surface area contributed by atoms with Gasteiger partial charge >= 0.3 is 0 Å². The summed E-state index contributed by atoms with van der Waals surface area (Å²) in [5, 5.41) is 4.88. The van der Waals surface area contributed by atoms with E-state index >= 15 is 0 Å². The summed E-state index contributed by atoms with van der Waals surface area (Å²) in [6.45, 7) is 1.84. The lowest BCUT2D eigenvalue weighted by molar-refractivity contribution is -0.133. The van der Waals surface area contributed by atoms with E-state index in [2.05, 4.69) is 10.1 Å². The molecule has 2 heterocycles. The highest BCUT2D eigenvalue weighted by Crippen LogP contribution is 2.14. The third-order valence-corrected chi connectivity index (χ3v) is 3.74. The standard InChI is InChI=1S/C7H5N3O2.C7H8O3S/c11-6-1-5-3-8-4-9-10(5)7(12)2-6;1-6-2-4-7(5-3-6)11(8,9)10/h1,3-4H,2H2;2-5H,1H3,(H,8,9,10). The minimum absolute atomic E-state index is 0.0666. The Hall–Kier alpha value is -2.65. The van der Waals surface area contributed by atoms with E-state index in [4.69, 9.17) is 4.55 Å². The number of hydrazone groups is 1. The van der Waals surface area contributed by atoms with Gasteiger partial charge in [-0.1, -0.05) is 17.7 Å². The van der Waals surface area contributed by atoms with Crippen LogP contribution >= 0.6 is 0 Å². The molecule has 0 aromatic heterocycles. The number of benzene rings is 1. The zero-order valence-electron chi connectivity index (χ0n) is 12.1. The van der Waals surface area contributed by atoms with Crippen LogP contribution in [0, 0.1) is 6.92 Å². The van der Waals surface area contributed by atoms with Crippen molar-refractivity contribution < 1.29 is 22.6 Å². The Morgan fingerprint density at radius 3 is 2.43 bits per heavy atom. The molecule has 120 valence electrons. The molecule has 1 aromatic carbocycles. The van der Waals surface area contributed by atoms with Crippen LogP contribution in [0.5, 0.6) is 0 Å². The monoisotopic (exact) mass is 335 g/mol. The first-order valence-electron chi connectivity index (χ1n) is 6.44. The number of allylic oxidation sites excluding steroid dienone is 2. The topological polar surface area (TPSA) is 116 Å². The van der Waals surface area contributed by atoms with Crippen LogP contribution < -0.4 is 0 Å². The van der Waals surface area contributed by atoms with Crippen LogP contribution in [0.15, 0.2) is 51.0 Å². The molecule has 9 heteroatoms. The molecule has 2 aliphatic heterocycles. The largest absolute Gasteiger partial charge is 0.294 e. The number of ketones is 1. The van der Waals surface area contributed by atoms with Crippen LogP contribution in [-0.2, 0) is 19.7 Å². The first kappa shape index (κ1) is 16.7. The van der Waals surface area contributed by atoms with Crippen molar-refractivity contribution in [1.82, 2.24) is 5.01 Å². The molecule has 0 saturated carbocycles. The van der Waals surface area contributed by atoms with Gasteiger partial charge in [-0.05, 0) is 19.1 Å². The lowest BCUT2D eigenvalue weighted by Gasteiger charge is -2.21. The number of aliphatic imine (C=N–C) groups is 1. The Morgan fingerprint density at radius 1 is 1.17 bits per heavy atom. The number of nitrogens with zero attached hydrogens (tertiary/aromatic N) is 3. The molecule has 1 aromatic rings. The Bertz CT molecular complexity index is 822. The minimum Gasteiger partial charge on any atom is -0.294 e. The van der Waals surface area contributed by atoms with Gasteiger partial charge < -0.3 is 0 Å². The third-order valence-electron chi connectivity index (χ3n) is 2.87. The van der Waals surface area contributed by atoms with Gasteiger partial charge in [0.25, 0.3) is 16.0 Å². The van der Waals surface area contributed by atoms with Crippen molar-refractivity contribution in [3.63, 3.8) is 0 Å². The lowest BCUT2D eigenvalue weighted by atomic mass is 10.1. The zero-order chi connectivity index (χ0) is 17.0. The third kappa shape index (κ3) is 4.41. The van der Waals surface area contributed by atoms with Crippen LogP contribution in [0.2, 0.25) is 0 Å². The Balaban J connectivity index is 0.000000168. The molecule has 0 spiro atoms. The molecule has 1 N–H and O–H groups in total. The SMILES string of the molecule is Cc1ccc(S(=O)(=O)O)cc1.O=C1C=C2C=NC=NN2C(=O)C1. The van der Waals surface area contributed by atoms with Crippen LogP contribution in [-0.4, -0.2) is 42.2 Å². The maximum Gasteiger partial charge on any atom is 0.294 e. The number of rotatable bonds is 1. The second kappa shape index (κ2) is 6.63. The van der Waals surface area contributed by atoms with Gasteiger partial charge in [-0.2, -0.15) is 18.5 Å². The van der Waals surface area contributed by atoms with Crippen molar-refractivity contribution in [3.05, 3.63) is 41.6 Å². The number of hydrogen-bond donors (Lipinski definition) is 1. The molecular formula is C14H13N3O5S. The Labute approximate surface area is 132 Å². The quantitative estimate of drug-likeness (QED) is 0.605. The van der Waals surface area contributed by atoms with Gasteiger partial charge in [-0.15, -0.1) is 0 Å². The van der Waals surface area contributed by atoms with Crippen LogP contribution in [0.1, 0.15) is 12.0 Å². The summed E-state index contributed by atoms with van der Waals surface area (Å²) < 4.78 is 29.6. The second-order valence-electron chi connectivity index (χ2n) is 4.72. The van der Waals surface area contributed by atoms with Crippen molar-refractivity contribution in [1.29, 1.82) is 0 Å². The minimum atomic E-state index is -4.02. The predicted octanol–water partition coefficient (Wildman–Crippen LogP) is 0.941. The summed E-state index contributed by atoms with van der Waals surface area (Å²) in [6.07, 6.45) is 3.96. The molecular weight excluding hydrogens is 322 g/mol. The molecule has 8 nitrogen and oxygen atoms in total. The zero-order valence-corrected chi connectivity index (χ0v) is 12.9. The van der Waals surface area contributed by atoms with E-state index in [0.717, 1.165) is 5.56 Å². The van der Waals surface area contributed by atoms with Crippen molar-refractivity contribution in [2.24, 2.45) is 10.1 Å². The number of carbonyl (C=O) groups is 2. The van der Waals surface area contributed by atoms with Gasteiger partial charge in [0.15, 0.2) is 5.78 Å². The van der Waals surface area contributed by atoms with Crippen LogP contribution in [0.3, 0.4) is 0 Å². The fourth-order valence-electron chi connectivity index (χ4n) is 1.77. The first-order valence-corrected chi connectivity index (χ1v) is 7.88. The summed E-state index contributed by atoms with van der Waals surface area (Å²) in [4.78, 5) is 25.7. The smallest absolute Gasteiger partial charge is 0.294 e. The summed E-state index contributed by atoms with van der Waals surface area (Å²) in [5.74, 6) is -0.505. The lowest BCUT2D eigenvalue weighted by Crippen LogP contribution is -2.33. The molecule has 2 aliphatic rings. The van der Waals surface area contributed by atoms with E-state index < -0.39 is 10.1 Å². The number of hydrogen-bond acceptors (Lipinski definition) is 6. The van der Waals surface area contributed by atoms with Gasteiger partial charge in [-0.3, -0.25) is 14.1 Å². The molecule has 0 unspecified atom stereocenters. The van der Waals surface area contributed by atoms with E-state index in [1.807, 2.05) is 6.92 Å². The van der Waals surface area contributed by atoms with Crippen molar-refractivity contribution in [2.45, 2.75) is 18.2 Å². The van der Waals surface area contributed by atoms with Gasteiger partial charge in [0.1, 0.15) is 6.34 Å². The Kier molecular flexibility index (Phi) is 4.82. The van der Waals surface area contributed by atoms with Gasteiger partial charge in [0.05, 0.1) is 23.2 Å². The molecule has 0 radical (unpaired) electrons. The summed E-state index contributed by atoms with van der Waals surface area (Å²) in [7, 11) is -4.02. The van der Waals surface area contributed by atoms with Crippen molar-refractivity contribution in [3.8, 4) is 0 Å². The van der Waals surface area contributed by atoms with E-state index in [1.54, 1.807) is 12.1 Å². The molecule has 0 saturated heterocycles. The highest BCUT2D eigenvalue weighted by atomic mass is 32.2. The summed E-state index contributed by atoms with van der Waals surface area (Å²) >= 11 is 0. The summed E-state index contributed by atoms with van der Waals surface area (Å²) in [6, 6.07) is 5.99. The predicted molar refractivity (Wildman–Crippen MR) is 82.5 cm³/mol. The molecule has 3 rings (SSSR count). The average molecular weight is 335 g/mol. The fraction of sp³-hybridized carbons (Fsp3) is 0.143. The fourth-order valence-corrected chi connectivity index (χ4v) is 2.25. The average Bonchev–Trinajstić information content (AvgIpc) is 2.47. The van der Waals surface area contributed by atoms with E-state index in [9.17, 15) is 18.0 Å². The van der Waals surface area contributed by atoms with Gasteiger partial charge in [-0.25, -0.2) is 4.99 Å². The molecule has 0 atom stereocenters. The van der Waals surface area contributed by atoms with Crippen molar-refractivity contribution >= 4 is 34.4 Å². The van der Waals surface area contributed by atoms with Crippen LogP contribution in [0.4, 0.5) is 0 Å². The molecule has 23 heavy (non-hydrogen) atoms. The highest BCUT2D eigenvalue weighted by Gasteiger charge is 2.25. The Morgan fingerprint density at radius 2 is 1.83 bits per heavy atom. The van der Waals surface area contributed by atoms with E-state index in [-0.39, 0.29) is 23.0 Å². The number of fused-ring (bicyclic) bond motifs is 1. The van der Waals surface area contributed by atoms with Gasteiger partial charge in [0, 0.05) is 6.08 Å². The maximum atomic E-state index is 11.1. The normalized spacial score (nSPS) is 16.4. The molecule has 0 bridgehead atoms. The highest BCUT2D eigenvalue weighted by molar-refractivity contribution is 7.85. The number of amides is 1. The first-order chi connectivity index (χ1) is 10.8. The number of carbonyl (C=O) groups excluding carboxylic acids is 2. The van der Waals surface area contributed by atoms with E-state index in [1.165, 1.54) is 35.8 Å². The van der Waals surface area contributed by atoms with Crippen LogP contribution in [0.25, 0.3) is 0 Å². The summed E-state index contributed by atoms with van der Waals surface area (Å²) in [5.41, 5.74) is 1.40. The molecule has 0 fully saturated rings. The molecule has 1 amide bonds. The second-order valence-corrected chi connectivity index (χ2v) is 6.14. The molecule has 0 aliphatic carbocycles.